The summed E-state index contributed by atoms with van der Waals surface area (Å²) in [7, 11) is 0. The SMILES string of the molecule is Cl.NC1CCOc2c(Cl)cc(F)cc21. The average Bonchev–Trinajstić information content (AvgIpc) is 2.07. The molecule has 2 rings (SSSR count). The lowest BCUT2D eigenvalue weighted by Gasteiger charge is -2.23. The third kappa shape index (κ3) is 1.95. The third-order valence-corrected chi connectivity index (χ3v) is 2.39. The lowest BCUT2D eigenvalue weighted by Crippen LogP contribution is -2.20. The van der Waals surface area contributed by atoms with Crippen LogP contribution < -0.4 is 10.5 Å². The minimum Gasteiger partial charge on any atom is -0.492 e. The normalized spacial score (nSPS) is 19.2. The predicted octanol–water partition coefficient (Wildman–Crippen LogP) is 2.68. The van der Waals surface area contributed by atoms with E-state index in [2.05, 4.69) is 0 Å². The zero-order chi connectivity index (χ0) is 9.42. The molecule has 0 bridgehead atoms. The molecule has 0 fully saturated rings. The highest BCUT2D eigenvalue weighted by Crippen LogP contribution is 2.37. The van der Waals surface area contributed by atoms with E-state index in [4.69, 9.17) is 22.1 Å². The molecule has 0 amide bonds. The number of nitrogens with two attached hydrogens (primary N) is 1. The molecular weight excluding hydrogens is 228 g/mol. The van der Waals surface area contributed by atoms with E-state index in [0.717, 1.165) is 0 Å². The summed E-state index contributed by atoms with van der Waals surface area (Å²) in [5.41, 5.74) is 6.44. The Morgan fingerprint density at radius 1 is 1.50 bits per heavy atom. The maximum Gasteiger partial charge on any atom is 0.142 e. The Kier molecular flexibility index (Phi) is 3.59. The van der Waals surface area contributed by atoms with Crippen molar-refractivity contribution in [1.29, 1.82) is 0 Å². The summed E-state index contributed by atoms with van der Waals surface area (Å²) >= 11 is 5.79. The maximum atomic E-state index is 12.9. The molecule has 0 aliphatic carbocycles. The molecule has 1 heterocycles. The van der Waals surface area contributed by atoms with E-state index in [1.165, 1.54) is 12.1 Å². The first-order chi connectivity index (χ1) is 6.18. The minimum absolute atomic E-state index is 0. The molecule has 1 aliphatic rings. The van der Waals surface area contributed by atoms with Crippen LogP contribution in [0.4, 0.5) is 4.39 Å². The molecule has 1 aliphatic heterocycles. The Balaban J connectivity index is 0.000000980. The third-order valence-electron chi connectivity index (χ3n) is 2.11. The van der Waals surface area contributed by atoms with Crippen LogP contribution in [-0.4, -0.2) is 6.61 Å². The fourth-order valence-corrected chi connectivity index (χ4v) is 1.72. The van der Waals surface area contributed by atoms with Gasteiger partial charge in [0.1, 0.15) is 11.6 Å². The second-order valence-corrected chi connectivity index (χ2v) is 3.46. The zero-order valence-electron chi connectivity index (χ0n) is 7.30. The molecule has 2 N–H and O–H groups in total. The Morgan fingerprint density at radius 3 is 2.93 bits per heavy atom. The second kappa shape index (κ2) is 4.34. The topological polar surface area (TPSA) is 35.2 Å². The molecule has 0 saturated carbocycles. The summed E-state index contributed by atoms with van der Waals surface area (Å²) in [4.78, 5) is 0. The van der Waals surface area contributed by atoms with Gasteiger partial charge in [-0.15, -0.1) is 12.4 Å². The first-order valence-corrected chi connectivity index (χ1v) is 4.43. The fraction of sp³-hybridized carbons (Fsp3) is 0.333. The molecule has 2 nitrogen and oxygen atoms in total. The van der Waals surface area contributed by atoms with Crippen molar-refractivity contribution in [2.45, 2.75) is 12.5 Å². The summed E-state index contributed by atoms with van der Waals surface area (Å²) in [6.45, 7) is 0.541. The first kappa shape index (κ1) is 11.6. The number of ether oxygens (including phenoxy) is 1. The van der Waals surface area contributed by atoms with E-state index >= 15 is 0 Å². The highest BCUT2D eigenvalue weighted by Gasteiger charge is 2.21. The quantitative estimate of drug-likeness (QED) is 0.754. The van der Waals surface area contributed by atoms with Gasteiger partial charge in [-0.1, -0.05) is 11.6 Å². The van der Waals surface area contributed by atoms with Gasteiger partial charge >= 0.3 is 0 Å². The van der Waals surface area contributed by atoms with Gasteiger partial charge in [0.25, 0.3) is 0 Å². The van der Waals surface area contributed by atoms with Gasteiger partial charge in [0.15, 0.2) is 0 Å². The van der Waals surface area contributed by atoms with Crippen molar-refractivity contribution in [2.75, 3.05) is 6.61 Å². The predicted molar refractivity (Wildman–Crippen MR) is 55.7 cm³/mol. The van der Waals surface area contributed by atoms with E-state index in [0.29, 0.717) is 29.4 Å². The van der Waals surface area contributed by atoms with Crippen molar-refractivity contribution in [2.24, 2.45) is 5.73 Å². The largest absolute Gasteiger partial charge is 0.492 e. The minimum atomic E-state index is -0.371. The van der Waals surface area contributed by atoms with Gasteiger partial charge in [0.2, 0.25) is 0 Å². The van der Waals surface area contributed by atoms with Crippen molar-refractivity contribution in [1.82, 2.24) is 0 Å². The van der Waals surface area contributed by atoms with Crippen molar-refractivity contribution in [3.05, 3.63) is 28.5 Å². The highest BCUT2D eigenvalue weighted by molar-refractivity contribution is 6.32. The van der Waals surface area contributed by atoms with Gasteiger partial charge < -0.3 is 10.5 Å². The molecule has 14 heavy (non-hydrogen) atoms. The molecule has 1 unspecified atom stereocenters. The maximum absolute atomic E-state index is 12.9. The molecule has 1 atom stereocenters. The Bertz CT molecular complexity index is 346. The van der Waals surface area contributed by atoms with Crippen LogP contribution in [0.3, 0.4) is 0 Å². The standard InChI is InChI=1S/C9H9ClFNO.ClH/c10-7-4-5(11)3-6-8(12)1-2-13-9(6)7;/h3-4,8H,1-2,12H2;1H. The van der Waals surface area contributed by atoms with E-state index in [9.17, 15) is 4.39 Å². The van der Waals surface area contributed by atoms with Gasteiger partial charge in [0.05, 0.1) is 11.6 Å². The van der Waals surface area contributed by atoms with Gasteiger partial charge in [-0.3, -0.25) is 0 Å². The van der Waals surface area contributed by atoms with Crippen LogP contribution in [0, 0.1) is 5.82 Å². The van der Waals surface area contributed by atoms with E-state index < -0.39 is 0 Å². The van der Waals surface area contributed by atoms with Crippen LogP contribution in [0.5, 0.6) is 5.75 Å². The van der Waals surface area contributed by atoms with Gasteiger partial charge in [-0.05, 0) is 12.1 Å². The Hall–Kier alpha value is -0.510. The van der Waals surface area contributed by atoms with Gasteiger partial charge in [-0.2, -0.15) is 0 Å². The molecule has 5 heteroatoms. The fourth-order valence-electron chi connectivity index (χ4n) is 1.45. The summed E-state index contributed by atoms with van der Waals surface area (Å²) in [5, 5.41) is 0.296. The number of rotatable bonds is 0. The van der Waals surface area contributed by atoms with Crippen molar-refractivity contribution >= 4 is 24.0 Å². The molecule has 1 aromatic carbocycles. The number of halogens is 3. The summed E-state index contributed by atoms with van der Waals surface area (Å²) < 4.78 is 18.2. The molecule has 78 valence electrons. The van der Waals surface area contributed by atoms with Gasteiger partial charge in [-0.25, -0.2) is 4.39 Å². The van der Waals surface area contributed by atoms with E-state index in [-0.39, 0.29) is 24.3 Å². The average molecular weight is 238 g/mol. The van der Waals surface area contributed by atoms with Gasteiger partial charge in [0, 0.05) is 18.0 Å². The molecule has 0 aromatic heterocycles. The van der Waals surface area contributed by atoms with Crippen molar-refractivity contribution < 1.29 is 9.13 Å². The molecular formula is C9H10Cl2FNO. The van der Waals surface area contributed by atoms with Crippen LogP contribution in [0.15, 0.2) is 12.1 Å². The van der Waals surface area contributed by atoms with E-state index in [1.807, 2.05) is 0 Å². The summed E-state index contributed by atoms with van der Waals surface area (Å²) in [6.07, 6.45) is 0.701. The monoisotopic (exact) mass is 237 g/mol. The lowest BCUT2D eigenvalue weighted by atomic mass is 10.0. The number of fused-ring (bicyclic) bond motifs is 1. The molecule has 0 spiro atoms. The lowest BCUT2D eigenvalue weighted by molar-refractivity contribution is 0.268. The summed E-state index contributed by atoms with van der Waals surface area (Å²) in [5.74, 6) is 0.159. The molecule has 0 saturated heterocycles. The van der Waals surface area contributed by atoms with Crippen molar-refractivity contribution in [3.8, 4) is 5.75 Å². The molecule has 0 radical (unpaired) electrons. The van der Waals surface area contributed by atoms with Crippen LogP contribution in [0.2, 0.25) is 5.02 Å². The number of hydrogen-bond acceptors (Lipinski definition) is 2. The Morgan fingerprint density at radius 2 is 2.21 bits per heavy atom. The highest BCUT2D eigenvalue weighted by atomic mass is 35.5. The Labute approximate surface area is 92.6 Å². The second-order valence-electron chi connectivity index (χ2n) is 3.05. The van der Waals surface area contributed by atoms with Crippen LogP contribution >= 0.6 is 24.0 Å². The van der Waals surface area contributed by atoms with Crippen molar-refractivity contribution in [3.63, 3.8) is 0 Å². The van der Waals surface area contributed by atoms with Crippen LogP contribution in [0.25, 0.3) is 0 Å². The summed E-state index contributed by atoms with van der Waals surface area (Å²) in [6, 6.07) is 2.45. The first-order valence-electron chi connectivity index (χ1n) is 4.06. The van der Waals surface area contributed by atoms with Crippen LogP contribution in [-0.2, 0) is 0 Å². The van der Waals surface area contributed by atoms with E-state index in [1.54, 1.807) is 0 Å². The number of hydrogen-bond donors (Lipinski definition) is 1. The smallest absolute Gasteiger partial charge is 0.142 e. The molecule has 1 aromatic rings. The van der Waals surface area contributed by atoms with Crippen LogP contribution in [0.1, 0.15) is 18.0 Å². The number of benzene rings is 1. The zero-order valence-corrected chi connectivity index (χ0v) is 8.87.